The molecule has 0 radical (unpaired) electrons. The molecule has 0 atom stereocenters. The normalized spacial score (nSPS) is 14.0. The summed E-state index contributed by atoms with van der Waals surface area (Å²) in [6.07, 6.45) is 0. The monoisotopic (exact) mass is 417 g/mol. The van der Waals surface area contributed by atoms with E-state index in [9.17, 15) is 9.59 Å². The molecular weight excluding hydrogens is 390 g/mol. The van der Waals surface area contributed by atoms with E-state index < -0.39 is 0 Å². The quantitative estimate of drug-likeness (QED) is 0.706. The zero-order valence-electron chi connectivity index (χ0n) is 18.2. The molecule has 2 aromatic carbocycles. The molecule has 2 heterocycles. The first-order valence-electron chi connectivity index (χ1n) is 10.5. The lowest BCUT2D eigenvalue weighted by Crippen LogP contribution is -2.48. The molecule has 1 saturated heterocycles. The molecule has 4 rings (SSSR count). The first kappa shape index (κ1) is 20.8. The number of carbonyl (C=O) groups is 2. The van der Waals surface area contributed by atoms with Crippen molar-refractivity contribution in [1.82, 2.24) is 20.4 Å². The molecule has 2 amide bonds. The summed E-state index contributed by atoms with van der Waals surface area (Å²) in [7, 11) is 0. The highest BCUT2D eigenvalue weighted by Gasteiger charge is 2.22. The van der Waals surface area contributed by atoms with Crippen molar-refractivity contribution in [3.8, 4) is 0 Å². The summed E-state index contributed by atoms with van der Waals surface area (Å²) in [4.78, 5) is 28.3. The van der Waals surface area contributed by atoms with Crippen molar-refractivity contribution >= 4 is 28.4 Å². The maximum atomic E-state index is 12.7. The maximum Gasteiger partial charge on any atom is 0.251 e. The third-order valence-corrected chi connectivity index (χ3v) is 5.81. The Morgan fingerprint density at radius 3 is 2.32 bits per heavy atom. The van der Waals surface area contributed by atoms with E-state index >= 15 is 0 Å². The standard InChI is InChI=1S/C24H27N5O2/c1-16-4-6-19(7-5-16)15-25-24(31)20-8-9-21-22(14-20)17(2)26-27-23(21)29-12-10-28(11-13-29)18(3)30/h4-9,14H,10-13,15H2,1-3H3,(H,25,31). The van der Waals surface area contributed by atoms with Crippen LogP contribution in [0, 0.1) is 13.8 Å². The van der Waals surface area contributed by atoms with Crippen molar-refractivity contribution in [2.24, 2.45) is 0 Å². The number of rotatable bonds is 4. The van der Waals surface area contributed by atoms with E-state index in [1.165, 1.54) is 5.56 Å². The van der Waals surface area contributed by atoms with Crippen molar-refractivity contribution < 1.29 is 9.59 Å². The average Bonchev–Trinajstić information content (AvgIpc) is 2.79. The number of piperazine rings is 1. The second-order valence-corrected chi connectivity index (χ2v) is 8.03. The van der Waals surface area contributed by atoms with E-state index in [1.807, 2.05) is 61.2 Å². The number of anilines is 1. The van der Waals surface area contributed by atoms with Crippen molar-refractivity contribution in [2.45, 2.75) is 27.3 Å². The molecule has 7 heteroatoms. The summed E-state index contributed by atoms with van der Waals surface area (Å²) in [5.74, 6) is 0.784. The fourth-order valence-corrected chi connectivity index (χ4v) is 3.87. The Kier molecular flexibility index (Phi) is 5.84. The lowest BCUT2D eigenvalue weighted by atomic mass is 10.1. The fourth-order valence-electron chi connectivity index (χ4n) is 3.87. The third-order valence-electron chi connectivity index (χ3n) is 5.81. The minimum Gasteiger partial charge on any atom is -0.351 e. The van der Waals surface area contributed by atoms with E-state index in [1.54, 1.807) is 6.92 Å². The molecule has 7 nitrogen and oxygen atoms in total. The fraction of sp³-hybridized carbons (Fsp3) is 0.333. The summed E-state index contributed by atoms with van der Waals surface area (Å²) in [5, 5.41) is 13.6. The Hall–Kier alpha value is -3.48. The number of nitrogens with zero attached hydrogens (tertiary/aromatic N) is 4. The van der Waals surface area contributed by atoms with Crippen LogP contribution in [0.2, 0.25) is 0 Å². The highest BCUT2D eigenvalue weighted by Crippen LogP contribution is 2.27. The van der Waals surface area contributed by atoms with Gasteiger partial charge in [0, 0.05) is 56.0 Å². The summed E-state index contributed by atoms with van der Waals surface area (Å²) in [5.41, 5.74) is 3.64. The van der Waals surface area contributed by atoms with Gasteiger partial charge in [-0.25, -0.2) is 0 Å². The number of fused-ring (bicyclic) bond motifs is 1. The zero-order chi connectivity index (χ0) is 22.0. The predicted molar refractivity (Wildman–Crippen MR) is 121 cm³/mol. The molecular formula is C24H27N5O2. The van der Waals surface area contributed by atoms with Crippen LogP contribution in [-0.2, 0) is 11.3 Å². The van der Waals surface area contributed by atoms with Crippen LogP contribution in [-0.4, -0.2) is 53.1 Å². The molecule has 1 aliphatic rings. The zero-order valence-corrected chi connectivity index (χ0v) is 18.2. The van der Waals surface area contributed by atoms with Crippen molar-refractivity contribution in [2.75, 3.05) is 31.1 Å². The molecule has 1 fully saturated rings. The lowest BCUT2D eigenvalue weighted by molar-refractivity contribution is -0.129. The molecule has 3 aromatic rings. The van der Waals surface area contributed by atoms with Crippen LogP contribution in [0.4, 0.5) is 5.82 Å². The molecule has 31 heavy (non-hydrogen) atoms. The van der Waals surface area contributed by atoms with Gasteiger partial charge in [0.2, 0.25) is 5.91 Å². The molecule has 0 unspecified atom stereocenters. The van der Waals surface area contributed by atoms with Crippen LogP contribution in [0.1, 0.15) is 34.1 Å². The van der Waals surface area contributed by atoms with Crippen LogP contribution in [0.5, 0.6) is 0 Å². The van der Waals surface area contributed by atoms with Gasteiger partial charge in [-0.1, -0.05) is 29.8 Å². The van der Waals surface area contributed by atoms with Gasteiger partial charge in [-0.05, 0) is 37.6 Å². The molecule has 1 aliphatic heterocycles. The van der Waals surface area contributed by atoms with Crippen molar-refractivity contribution in [3.63, 3.8) is 0 Å². The average molecular weight is 418 g/mol. The topological polar surface area (TPSA) is 78.4 Å². The van der Waals surface area contributed by atoms with Crippen LogP contribution >= 0.6 is 0 Å². The van der Waals surface area contributed by atoms with Gasteiger partial charge < -0.3 is 15.1 Å². The number of amides is 2. The number of carbonyl (C=O) groups excluding carboxylic acids is 2. The Labute approximate surface area is 182 Å². The first-order valence-corrected chi connectivity index (χ1v) is 10.5. The van der Waals surface area contributed by atoms with Crippen LogP contribution in [0.15, 0.2) is 42.5 Å². The summed E-state index contributed by atoms with van der Waals surface area (Å²) >= 11 is 0. The highest BCUT2D eigenvalue weighted by molar-refractivity contribution is 6.01. The number of nitrogens with one attached hydrogen (secondary N) is 1. The molecule has 0 spiro atoms. The molecule has 1 N–H and O–H groups in total. The Morgan fingerprint density at radius 2 is 1.65 bits per heavy atom. The van der Waals surface area contributed by atoms with Crippen molar-refractivity contribution in [1.29, 1.82) is 0 Å². The number of hydrogen-bond donors (Lipinski definition) is 1. The predicted octanol–water partition coefficient (Wildman–Crippen LogP) is 2.85. The summed E-state index contributed by atoms with van der Waals surface area (Å²) < 4.78 is 0. The highest BCUT2D eigenvalue weighted by atomic mass is 16.2. The number of hydrogen-bond acceptors (Lipinski definition) is 5. The van der Waals surface area contributed by atoms with E-state index in [0.29, 0.717) is 38.3 Å². The van der Waals surface area contributed by atoms with Gasteiger partial charge in [0.05, 0.1) is 5.69 Å². The lowest BCUT2D eigenvalue weighted by Gasteiger charge is -2.35. The molecule has 0 bridgehead atoms. The molecule has 0 saturated carbocycles. The van der Waals surface area contributed by atoms with Crippen LogP contribution in [0.3, 0.4) is 0 Å². The maximum absolute atomic E-state index is 12.7. The summed E-state index contributed by atoms with van der Waals surface area (Å²) in [6, 6.07) is 13.8. The van der Waals surface area contributed by atoms with Crippen LogP contribution < -0.4 is 10.2 Å². The SMILES string of the molecule is CC(=O)N1CCN(c2nnc(C)c3cc(C(=O)NCc4ccc(C)cc4)ccc23)CC1. The molecule has 1 aromatic heterocycles. The molecule has 0 aliphatic carbocycles. The minimum atomic E-state index is -0.115. The minimum absolute atomic E-state index is 0.0980. The van der Waals surface area contributed by atoms with Crippen molar-refractivity contribution in [3.05, 3.63) is 64.8 Å². The number of aryl methyl sites for hydroxylation is 2. The van der Waals surface area contributed by atoms with Gasteiger partial charge in [0.1, 0.15) is 0 Å². The molecule has 160 valence electrons. The number of aromatic nitrogens is 2. The van der Waals surface area contributed by atoms with Gasteiger partial charge in [-0.2, -0.15) is 5.10 Å². The largest absolute Gasteiger partial charge is 0.351 e. The van der Waals surface area contributed by atoms with Gasteiger partial charge in [0.15, 0.2) is 5.82 Å². The van der Waals surface area contributed by atoms with E-state index in [2.05, 4.69) is 20.4 Å². The van der Waals surface area contributed by atoms with Gasteiger partial charge in [-0.3, -0.25) is 9.59 Å². The van der Waals surface area contributed by atoms with Gasteiger partial charge in [0.25, 0.3) is 5.91 Å². The van der Waals surface area contributed by atoms with Crippen LogP contribution in [0.25, 0.3) is 10.8 Å². The smallest absolute Gasteiger partial charge is 0.251 e. The Balaban J connectivity index is 1.53. The van der Waals surface area contributed by atoms with E-state index in [0.717, 1.165) is 27.8 Å². The second kappa shape index (κ2) is 8.71. The Morgan fingerprint density at radius 1 is 0.935 bits per heavy atom. The van der Waals surface area contributed by atoms with E-state index in [4.69, 9.17) is 0 Å². The van der Waals surface area contributed by atoms with E-state index in [-0.39, 0.29) is 11.8 Å². The number of benzene rings is 2. The van der Waals surface area contributed by atoms with Gasteiger partial charge >= 0.3 is 0 Å². The summed E-state index contributed by atoms with van der Waals surface area (Å²) in [6.45, 7) is 8.80. The second-order valence-electron chi connectivity index (χ2n) is 8.03. The van der Waals surface area contributed by atoms with Gasteiger partial charge in [-0.15, -0.1) is 5.10 Å². The Bertz CT molecular complexity index is 1120. The third kappa shape index (κ3) is 4.50. The first-order chi connectivity index (χ1) is 14.9.